The average Bonchev–Trinajstić information content (AvgIpc) is 2.82. The Bertz CT molecular complexity index is 735. The smallest absolute Gasteiger partial charge is 0.409 e. The second-order valence-corrected chi connectivity index (χ2v) is 4.05. The zero-order valence-corrected chi connectivity index (χ0v) is 9.98. The molecule has 1 amide bonds. The van der Waals surface area contributed by atoms with E-state index >= 15 is 0 Å². The van der Waals surface area contributed by atoms with E-state index in [0.29, 0.717) is 5.75 Å². The third-order valence-electron chi connectivity index (χ3n) is 2.72. The number of amides is 1. The monoisotopic (exact) mass is 253 g/mol. The highest BCUT2D eigenvalue weighted by atomic mass is 16.5. The second-order valence-electron chi connectivity index (χ2n) is 4.05. The summed E-state index contributed by atoms with van der Waals surface area (Å²) >= 11 is 0. The molecule has 0 unspecified atom stereocenters. The van der Waals surface area contributed by atoms with Crippen LogP contribution in [0.25, 0.3) is 16.8 Å². The van der Waals surface area contributed by atoms with Crippen LogP contribution < -0.4 is 10.5 Å². The highest BCUT2D eigenvalue weighted by Crippen LogP contribution is 2.21. The van der Waals surface area contributed by atoms with Gasteiger partial charge in [-0.05, 0) is 18.2 Å². The molecule has 1 aromatic carbocycles. The van der Waals surface area contributed by atoms with E-state index in [2.05, 4.69) is 5.10 Å². The summed E-state index contributed by atoms with van der Waals surface area (Å²) in [6, 6.07) is 15.3. The molecule has 0 radical (unpaired) electrons. The molecular weight excluding hydrogens is 242 g/mol. The number of aromatic nitrogens is 2. The van der Waals surface area contributed by atoms with E-state index in [-0.39, 0.29) is 0 Å². The quantitative estimate of drug-likeness (QED) is 0.762. The summed E-state index contributed by atoms with van der Waals surface area (Å²) in [4.78, 5) is 10.7. The van der Waals surface area contributed by atoms with Gasteiger partial charge in [-0.25, -0.2) is 9.31 Å². The fourth-order valence-corrected chi connectivity index (χ4v) is 1.89. The maximum atomic E-state index is 10.7. The molecule has 0 saturated carbocycles. The van der Waals surface area contributed by atoms with Crippen molar-refractivity contribution in [3.05, 3.63) is 54.7 Å². The first-order chi connectivity index (χ1) is 9.22. The Morgan fingerprint density at radius 2 is 1.95 bits per heavy atom. The average molecular weight is 253 g/mol. The summed E-state index contributed by atoms with van der Waals surface area (Å²) in [5.74, 6) is 0.364. The van der Waals surface area contributed by atoms with Crippen LogP contribution in [-0.2, 0) is 0 Å². The molecule has 2 heterocycles. The Morgan fingerprint density at radius 1 is 1.16 bits per heavy atom. The maximum Gasteiger partial charge on any atom is 0.410 e. The molecule has 3 aromatic rings. The van der Waals surface area contributed by atoms with E-state index in [1.165, 1.54) is 0 Å². The van der Waals surface area contributed by atoms with Crippen molar-refractivity contribution in [2.24, 2.45) is 5.73 Å². The molecule has 0 fully saturated rings. The van der Waals surface area contributed by atoms with E-state index in [1.54, 1.807) is 16.8 Å². The molecule has 0 aliphatic carbocycles. The second kappa shape index (κ2) is 4.45. The first-order valence-electron chi connectivity index (χ1n) is 5.74. The van der Waals surface area contributed by atoms with Gasteiger partial charge >= 0.3 is 6.09 Å². The number of nitrogens with two attached hydrogens (primary N) is 1. The van der Waals surface area contributed by atoms with E-state index in [0.717, 1.165) is 16.8 Å². The number of rotatable bonds is 2. The number of primary amides is 1. The van der Waals surface area contributed by atoms with Crippen molar-refractivity contribution in [3.8, 4) is 17.0 Å². The van der Waals surface area contributed by atoms with Crippen LogP contribution in [0.3, 0.4) is 0 Å². The molecule has 0 spiro atoms. The van der Waals surface area contributed by atoms with E-state index in [9.17, 15) is 4.79 Å². The Morgan fingerprint density at radius 3 is 2.68 bits per heavy atom. The number of pyridine rings is 1. The Hall–Kier alpha value is -2.82. The van der Waals surface area contributed by atoms with Crippen molar-refractivity contribution in [3.63, 3.8) is 0 Å². The molecule has 19 heavy (non-hydrogen) atoms. The summed E-state index contributed by atoms with van der Waals surface area (Å²) in [6.07, 6.45) is 0.779. The number of carbonyl (C=O) groups is 1. The van der Waals surface area contributed by atoms with Crippen LogP contribution in [0, 0.1) is 0 Å². The zero-order valence-electron chi connectivity index (χ0n) is 9.98. The predicted octanol–water partition coefficient (Wildman–Crippen LogP) is 2.46. The summed E-state index contributed by atoms with van der Waals surface area (Å²) < 4.78 is 6.47. The fourth-order valence-electron chi connectivity index (χ4n) is 1.89. The Balaban J connectivity index is 2.04. The molecule has 0 aliphatic rings. The van der Waals surface area contributed by atoms with Crippen molar-refractivity contribution in [2.45, 2.75) is 0 Å². The van der Waals surface area contributed by atoms with Crippen LogP contribution >= 0.6 is 0 Å². The van der Waals surface area contributed by atoms with E-state index in [4.69, 9.17) is 10.5 Å². The lowest BCUT2D eigenvalue weighted by Gasteiger charge is -2.00. The minimum Gasteiger partial charge on any atom is -0.409 e. The highest BCUT2D eigenvalue weighted by molar-refractivity contribution is 5.69. The molecule has 2 aromatic heterocycles. The summed E-state index contributed by atoms with van der Waals surface area (Å²) in [7, 11) is 0. The third-order valence-corrected chi connectivity index (χ3v) is 2.72. The van der Waals surface area contributed by atoms with Gasteiger partial charge in [0.25, 0.3) is 0 Å². The molecule has 94 valence electrons. The van der Waals surface area contributed by atoms with Gasteiger partial charge in [0.1, 0.15) is 0 Å². The van der Waals surface area contributed by atoms with Gasteiger partial charge in [-0.1, -0.05) is 30.3 Å². The van der Waals surface area contributed by atoms with Crippen LogP contribution in [0.1, 0.15) is 0 Å². The van der Waals surface area contributed by atoms with Crippen molar-refractivity contribution in [1.82, 2.24) is 9.61 Å². The highest BCUT2D eigenvalue weighted by Gasteiger charge is 2.06. The predicted molar refractivity (Wildman–Crippen MR) is 70.8 cm³/mol. The van der Waals surface area contributed by atoms with Crippen LogP contribution in [0.15, 0.2) is 54.7 Å². The topological polar surface area (TPSA) is 69.6 Å². The Kier molecular flexibility index (Phi) is 2.64. The van der Waals surface area contributed by atoms with Crippen LogP contribution in [0.4, 0.5) is 4.79 Å². The van der Waals surface area contributed by atoms with E-state index < -0.39 is 6.09 Å². The number of hydrogen-bond acceptors (Lipinski definition) is 3. The van der Waals surface area contributed by atoms with Crippen molar-refractivity contribution in [1.29, 1.82) is 0 Å². The number of ether oxygens (including phenoxy) is 1. The molecule has 0 aliphatic heterocycles. The standard InChI is InChI=1S/C14H11N3O2/c15-14(18)19-12-7-6-11-8-13(16-17(11)9-12)10-4-2-1-3-5-10/h1-9H,(H2,15,18). The van der Waals surface area contributed by atoms with Gasteiger partial charge in [-0.15, -0.1) is 0 Å². The van der Waals surface area contributed by atoms with Gasteiger partial charge in [0, 0.05) is 5.56 Å². The van der Waals surface area contributed by atoms with Gasteiger partial charge in [0.05, 0.1) is 17.4 Å². The van der Waals surface area contributed by atoms with Crippen LogP contribution in [0.2, 0.25) is 0 Å². The SMILES string of the molecule is NC(=O)Oc1ccc2cc(-c3ccccc3)nn2c1. The summed E-state index contributed by atoms with van der Waals surface area (Å²) in [5.41, 5.74) is 7.78. The number of nitrogens with zero attached hydrogens (tertiary/aromatic N) is 2. The van der Waals surface area contributed by atoms with Crippen molar-refractivity contribution in [2.75, 3.05) is 0 Å². The normalized spacial score (nSPS) is 10.5. The lowest BCUT2D eigenvalue weighted by Crippen LogP contribution is -2.16. The van der Waals surface area contributed by atoms with Gasteiger partial charge in [0.2, 0.25) is 0 Å². The summed E-state index contributed by atoms with van der Waals surface area (Å²) in [6.45, 7) is 0. The number of carbonyl (C=O) groups excluding carboxylic acids is 1. The minimum atomic E-state index is -0.838. The molecule has 2 N–H and O–H groups in total. The number of fused-ring (bicyclic) bond motifs is 1. The molecular formula is C14H11N3O2. The van der Waals surface area contributed by atoms with Crippen molar-refractivity contribution < 1.29 is 9.53 Å². The van der Waals surface area contributed by atoms with E-state index in [1.807, 2.05) is 42.5 Å². The minimum absolute atomic E-state index is 0.364. The summed E-state index contributed by atoms with van der Waals surface area (Å²) in [5, 5.41) is 4.44. The van der Waals surface area contributed by atoms with Gasteiger partial charge in [-0.3, -0.25) is 0 Å². The number of benzene rings is 1. The third kappa shape index (κ3) is 2.26. The zero-order chi connectivity index (χ0) is 13.2. The lowest BCUT2D eigenvalue weighted by atomic mass is 10.1. The van der Waals surface area contributed by atoms with Gasteiger partial charge in [-0.2, -0.15) is 5.10 Å². The largest absolute Gasteiger partial charge is 0.410 e. The van der Waals surface area contributed by atoms with Gasteiger partial charge < -0.3 is 10.5 Å². The first-order valence-corrected chi connectivity index (χ1v) is 5.74. The van der Waals surface area contributed by atoms with Crippen molar-refractivity contribution >= 4 is 11.6 Å². The molecule has 5 nitrogen and oxygen atoms in total. The number of hydrogen-bond donors (Lipinski definition) is 1. The first kappa shape index (κ1) is 11.3. The molecule has 0 saturated heterocycles. The Labute approximate surface area is 109 Å². The van der Waals surface area contributed by atoms with Crippen LogP contribution in [0.5, 0.6) is 5.75 Å². The van der Waals surface area contributed by atoms with Gasteiger partial charge in [0.15, 0.2) is 5.75 Å². The molecule has 3 rings (SSSR count). The fraction of sp³-hybridized carbons (Fsp3) is 0. The maximum absolute atomic E-state index is 10.7. The lowest BCUT2D eigenvalue weighted by molar-refractivity contribution is 0.210. The molecule has 0 atom stereocenters. The molecule has 0 bridgehead atoms. The molecule has 5 heteroatoms. The van der Waals surface area contributed by atoms with Crippen LogP contribution in [-0.4, -0.2) is 15.7 Å².